The van der Waals surface area contributed by atoms with Gasteiger partial charge >= 0.3 is 0 Å². The quantitative estimate of drug-likeness (QED) is 0.736. The highest BCUT2D eigenvalue weighted by Crippen LogP contribution is 2.22. The van der Waals surface area contributed by atoms with Gasteiger partial charge in [0, 0.05) is 5.56 Å². The second kappa shape index (κ2) is 3.25. The van der Waals surface area contributed by atoms with E-state index in [4.69, 9.17) is 0 Å². The van der Waals surface area contributed by atoms with Crippen molar-refractivity contribution in [2.45, 2.75) is 13.8 Å². The zero-order valence-corrected chi connectivity index (χ0v) is 8.13. The molecule has 1 aromatic heterocycles. The van der Waals surface area contributed by atoms with E-state index < -0.39 is 0 Å². The maximum atomic E-state index is 13.3. The largest absolute Gasteiger partial charge is 0.278 e. The summed E-state index contributed by atoms with van der Waals surface area (Å²) in [4.78, 5) is 0. The Bertz CT molecular complexity index is 460. The van der Waals surface area contributed by atoms with Crippen molar-refractivity contribution in [3.05, 3.63) is 41.3 Å². The van der Waals surface area contributed by atoms with Crippen molar-refractivity contribution in [3.63, 3.8) is 0 Å². The van der Waals surface area contributed by atoms with Crippen LogP contribution in [-0.4, -0.2) is 10.2 Å². The average molecular weight is 190 g/mol. The van der Waals surface area contributed by atoms with Gasteiger partial charge < -0.3 is 0 Å². The van der Waals surface area contributed by atoms with Crippen LogP contribution >= 0.6 is 0 Å². The molecule has 2 rings (SSSR count). The molecule has 1 N–H and O–H groups in total. The number of benzene rings is 1. The highest BCUT2D eigenvalue weighted by molar-refractivity contribution is 5.62. The van der Waals surface area contributed by atoms with Crippen LogP contribution in [0.4, 0.5) is 4.39 Å². The molecule has 0 saturated carbocycles. The molecule has 0 aliphatic heterocycles. The van der Waals surface area contributed by atoms with Gasteiger partial charge in [0.2, 0.25) is 0 Å². The summed E-state index contributed by atoms with van der Waals surface area (Å²) >= 11 is 0. The Labute approximate surface area is 81.8 Å². The normalized spacial score (nSPS) is 10.5. The molecule has 2 aromatic rings. The number of aromatic nitrogens is 2. The Balaban J connectivity index is 2.53. The monoisotopic (exact) mass is 190 g/mol. The van der Waals surface area contributed by atoms with Gasteiger partial charge in [-0.1, -0.05) is 12.1 Å². The first-order valence-electron chi connectivity index (χ1n) is 4.45. The minimum atomic E-state index is -0.184. The molecule has 2 nitrogen and oxygen atoms in total. The Kier molecular flexibility index (Phi) is 2.08. The number of nitrogens with zero attached hydrogens (tertiary/aromatic N) is 1. The Morgan fingerprint density at radius 3 is 2.57 bits per heavy atom. The molecule has 1 heterocycles. The van der Waals surface area contributed by atoms with Gasteiger partial charge in [0.15, 0.2) is 0 Å². The number of rotatable bonds is 1. The van der Waals surface area contributed by atoms with Gasteiger partial charge in [0.05, 0.1) is 11.9 Å². The van der Waals surface area contributed by atoms with E-state index >= 15 is 0 Å². The molecule has 3 heteroatoms. The number of hydrogen-bond acceptors (Lipinski definition) is 1. The van der Waals surface area contributed by atoms with E-state index in [-0.39, 0.29) is 5.82 Å². The minimum absolute atomic E-state index is 0.184. The summed E-state index contributed by atoms with van der Waals surface area (Å²) in [6.45, 7) is 3.69. The van der Waals surface area contributed by atoms with Crippen LogP contribution in [0.25, 0.3) is 11.3 Å². The molecule has 0 radical (unpaired) electrons. The van der Waals surface area contributed by atoms with Crippen LogP contribution in [0, 0.1) is 19.7 Å². The van der Waals surface area contributed by atoms with E-state index in [1.54, 1.807) is 19.2 Å². The van der Waals surface area contributed by atoms with Gasteiger partial charge in [-0.25, -0.2) is 4.39 Å². The van der Waals surface area contributed by atoms with Crippen LogP contribution in [0.15, 0.2) is 24.4 Å². The predicted octanol–water partition coefficient (Wildman–Crippen LogP) is 2.83. The van der Waals surface area contributed by atoms with E-state index in [0.29, 0.717) is 5.56 Å². The second-order valence-corrected chi connectivity index (χ2v) is 3.39. The number of halogens is 1. The van der Waals surface area contributed by atoms with Gasteiger partial charge in [0.25, 0.3) is 0 Å². The minimum Gasteiger partial charge on any atom is -0.278 e. The topological polar surface area (TPSA) is 28.7 Å². The van der Waals surface area contributed by atoms with Crippen molar-refractivity contribution in [2.75, 3.05) is 0 Å². The molecule has 0 atom stereocenters. The van der Waals surface area contributed by atoms with Crippen LogP contribution in [0.5, 0.6) is 0 Å². The first-order chi connectivity index (χ1) is 6.68. The van der Waals surface area contributed by atoms with Crippen molar-refractivity contribution in [2.24, 2.45) is 0 Å². The molecule has 0 saturated heterocycles. The molecule has 0 fully saturated rings. The highest BCUT2D eigenvalue weighted by Gasteiger charge is 2.05. The van der Waals surface area contributed by atoms with E-state index in [1.807, 2.05) is 13.0 Å². The van der Waals surface area contributed by atoms with E-state index in [9.17, 15) is 4.39 Å². The first-order valence-corrected chi connectivity index (χ1v) is 4.45. The smallest absolute Gasteiger partial charge is 0.126 e. The van der Waals surface area contributed by atoms with Crippen molar-refractivity contribution >= 4 is 0 Å². The van der Waals surface area contributed by atoms with Gasteiger partial charge in [-0.3, -0.25) is 5.10 Å². The van der Waals surface area contributed by atoms with E-state index in [1.165, 1.54) is 6.07 Å². The molecule has 14 heavy (non-hydrogen) atoms. The number of aryl methyl sites for hydroxylation is 2. The summed E-state index contributed by atoms with van der Waals surface area (Å²) in [6.07, 6.45) is 1.73. The van der Waals surface area contributed by atoms with Crippen molar-refractivity contribution in [1.29, 1.82) is 0 Å². The molecule has 0 amide bonds. The third kappa shape index (κ3) is 1.41. The zero-order valence-electron chi connectivity index (χ0n) is 8.13. The Morgan fingerprint density at radius 2 is 2.00 bits per heavy atom. The summed E-state index contributed by atoms with van der Waals surface area (Å²) in [5, 5.41) is 6.75. The lowest BCUT2D eigenvalue weighted by atomic mass is 10.1. The summed E-state index contributed by atoms with van der Waals surface area (Å²) < 4.78 is 13.3. The predicted molar refractivity (Wildman–Crippen MR) is 53.5 cm³/mol. The number of aromatic amines is 1. The van der Waals surface area contributed by atoms with Crippen molar-refractivity contribution in [3.8, 4) is 11.3 Å². The van der Waals surface area contributed by atoms with E-state index in [0.717, 1.165) is 16.8 Å². The summed E-state index contributed by atoms with van der Waals surface area (Å²) in [7, 11) is 0. The lowest BCUT2D eigenvalue weighted by Crippen LogP contribution is -1.86. The lowest BCUT2D eigenvalue weighted by Gasteiger charge is -2.01. The molecule has 1 aromatic carbocycles. The van der Waals surface area contributed by atoms with Crippen LogP contribution in [0.2, 0.25) is 0 Å². The molecule has 0 unspecified atom stereocenters. The molecular weight excluding hydrogens is 179 g/mol. The van der Waals surface area contributed by atoms with Crippen LogP contribution in [0.3, 0.4) is 0 Å². The van der Waals surface area contributed by atoms with Gasteiger partial charge in [-0.15, -0.1) is 0 Å². The molecule has 0 aliphatic carbocycles. The fraction of sp³-hybridized carbons (Fsp3) is 0.182. The third-order valence-electron chi connectivity index (χ3n) is 2.29. The third-order valence-corrected chi connectivity index (χ3v) is 2.29. The zero-order chi connectivity index (χ0) is 10.1. The fourth-order valence-corrected chi connectivity index (χ4v) is 1.39. The molecule has 72 valence electrons. The van der Waals surface area contributed by atoms with Crippen LogP contribution < -0.4 is 0 Å². The molecule has 0 aliphatic rings. The average Bonchev–Trinajstić information content (AvgIpc) is 2.57. The van der Waals surface area contributed by atoms with E-state index in [2.05, 4.69) is 10.2 Å². The second-order valence-electron chi connectivity index (χ2n) is 3.39. The fourth-order valence-electron chi connectivity index (χ4n) is 1.39. The first kappa shape index (κ1) is 8.94. The molecule has 0 bridgehead atoms. The van der Waals surface area contributed by atoms with Crippen LogP contribution in [0.1, 0.15) is 11.1 Å². The number of nitrogens with one attached hydrogen (secondary N) is 1. The van der Waals surface area contributed by atoms with Crippen molar-refractivity contribution < 1.29 is 4.39 Å². The summed E-state index contributed by atoms with van der Waals surface area (Å²) in [6, 6.07) is 5.18. The molecular formula is C11H11FN2. The standard InChI is InChI=1S/C11H11FN2/c1-7-3-4-9(5-10(7)12)11-8(2)6-13-14-11/h3-6H,1-2H3,(H,13,14). The molecule has 0 spiro atoms. The summed E-state index contributed by atoms with van der Waals surface area (Å²) in [5.74, 6) is -0.184. The van der Waals surface area contributed by atoms with Crippen molar-refractivity contribution in [1.82, 2.24) is 10.2 Å². The Hall–Kier alpha value is -1.64. The summed E-state index contributed by atoms with van der Waals surface area (Å²) in [5.41, 5.74) is 3.39. The maximum Gasteiger partial charge on any atom is 0.126 e. The van der Waals surface area contributed by atoms with Gasteiger partial charge in [0.1, 0.15) is 5.82 Å². The Morgan fingerprint density at radius 1 is 1.21 bits per heavy atom. The number of H-pyrrole nitrogens is 1. The highest BCUT2D eigenvalue weighted by atomic mass is 19.1. The SMILES string of the molecule is Cc1ccc(-c2[nH]ncc2C)cc1F. The van der Waals surface area contributed by atoms with Crippen LogP contribution in [-0.2, 0) is 0 Å². The van der Waals surface area contributed by atoms with Gasteiger partial charge in [-0.2, -0.15) is 5.10 Å². The number of hydrogen-bond donors (Lipinski definition) is 1. The van der Waals surface area contributed by atoms with Gasteiger partial charge in [-0.05, 0) is 31.0 Å². The maximum absolute atomic E-state index is 13.3. The lowest BCUT2D eigenvalue weighted by molar-refractivity contribution is 0.619.